The Bertz CT molecular complexity index is 718. The summed E-state index contributed by atoms with van der Waals surface area (Å²) in [6.07, 6.45) is 1.06. The summed E-state index contributed by atoms with van der Waals surface area (Å²) in [5.41, 5.74) is 6.00. The van der Waals surface area contributed by atoms with E-state index in [9.17, 15) is 4.79 Å². The molecule has 1 amide bonds. The Morgan fingerprint density at radius 3 is 2.30 bits per heavy atom. The van der Waals surface area contributed by atoms with Crippen LogP contribution < -0.4 is 0 Å². The molecule has 2 aromatic rings. The first-order chi connectivity index (χ1) is 11.3. The average Bonchev–Trinajstić information content (AvgIpc) is 2.95. The van der Waals surface area contributed by atoms with Gasteiger partial charge >= 0.3 is 6.09 Å². The second kappa shape index (κ2) is 6.99. The summed E-state index contributed by atoms with van der Waals surface area (Å²) >= 11 is 0. The quantitative estimate of drug-likeness (QED) is 0.783. The molecule has 0 aromatic heterocycles. The third-order valence-corrected chi connectivity index (χ3v) is 3.98. The number of carbonyl (C=O) groups excluding carboxylic acids is 1. The predicted molar refractivity (Wildman–Crippen MR) is 89.9 cm³/mol. The lowest BCUT2D eigenvalue weighted by atomic mass is 10.0. The summed E-state index contributed by atoms with van der Waals surface area (Å²) in [6.45, 7) is 4.16. The fourth-order valence-corrected chi connectivity index (χ4v) is 2.85. The van der Waals surface area contributed by atoms with Crippen LogP contribution in [0.4, 0.5) is 4.79 Å². The minimum atomic E-state index is -0.312. The molecule has 3 heteroatoms. The molecule has 1 aliphatic heterocycles. The number of amides is 1. The van der Waals surface area contributed by atoms with Gasteiger partial charge < -0.3 is 4.74 Å². The molecular formula is C20H19NO2. The molecule has 0 saturated carbocycles. The van der Waals surface area contributed by atoms with Crippen LogP contribution in [-0.2, 0) is 17.6 Å². The van der Waals surface area contributed by atoms with Crippen molar-refractivity contribution in [3.63, 3.8) is 0 Å². The van der Waals surface area contributed by atoms with Crippen LogP contribution in [0.15, 0.2) is 78.7 Å². The highest BCUT2D eigenvalue weighted by atomic mass is 16.6. The number of nitrogens with zero attached hydrogens (tertiary/aromatic N) is 1. The van der Waals surface area contributed by atoms with Crippen molar-refractivity contribution in [1.29, 1.82) is 0 Å². The van der Waals surface area contributed by atoms with Crippen molar-refractivity contribution >= 4 is 6.09 Å². The number of ether oxygens (including phenoxy) is 1. The zero-order valence-electron chi connectivity index (χ0n) is 12.9. The molecule has 23 heavy (non-hydrogen) atoms. The van der Waals surface area contributed by atoms with Gasteiger partial charge in [-0.3, -0.25) is 4.90 Å². The van der Waals surface area contributed by atoms with E-state index in [2.05, 4.69) is 24.4 Å². The van der Waals surface area contributed by atoms with E-state index in [1.165, 1.54) is 5.56 Å². The lowest BCUT2D eigenvalue weighted by Gasteiger charge is -2.23. The van der Waals surface area contributed by atoms with Crippen molar-refractivity contribution < 1.29 is 9.53 Å². The molecule has 2 aromatic carbocycles. The van der Waals surface area contributed by atoms with Crippen molar-refractivity contribution in [2.75, 3.05) is 6.61 Å². The zero-order chi connectivity index (χ0) is 16.1. The van der Waals surface area contributed by atoms with Gasteiger partial charge in [-0.2, -0.15) is 0 Å². The summed E-state index contributed by atoms with van der Waals surface area (Å²) in [4.78, 5) is 13.9. The molecule has 0 unspecified atom stereocenters. The number of benzene rings is 2. The number of cyclic esters (lactones) is 1. The minimum absolute atomic E-state index is 0.0159. The molecule has 1 heterocycles. The standard InChI is InChI=1S/C20H19NO2/c1-2-18(13-16-9-5-3-6-10-16)21-19(15-23-20(21)22)14-17-11-7-4-8-12-17/h3-12,19H,1,13-15H2/t19-/m1/s1. The van der Waals surface area contributed by atoms with E-state index in [-0.39, 0.29) is 12.1 Å². The van der Waals surface area contributed by atoms with E-state index >= 15 is 0 Å². The number of allylic oxidation sites excluding steroid dienone is 1. The zero-order valence-corrected chi connectivity index (χ0v) is 12.9. The Morgan fingerprint density at radius 1 is 1.09 bits per heavy atom. The van der Waals surface area contributed by atoms with Crippen molar-refractivity contribution in [2.45, 2.75) is 18.9 Å². The van der Waals surface area contributed by atoms with Crippen molar-refractivity contribution in [2.24, 2.45) is 0 Å². The van der Waals surface area contributed by atoms with E-state index in [0.717, 1.165) is 17.7 Å². The molecule has 3 rings (SSSR count). The smallest absolute Gasteiger partial charge is 0.414 e. The Hall–Kier alpha value is -2.77. The van der Waals surface area contributed by atoms with Crippen LogP contribution in [0.3, 0.4) is 0 Å². The fourth-order valence-electron chi connectivity index (χ4n) is 2.85. The van der Waals surface area contributed by atoms with E-state index in [1.807, 2.05) is 48.5 Å². The topological polar surface area (TPSA) is 29.5 Å². The van der Waals surface area contributed by atoms with Gasteiger partial charge in [-0.25, -0.2) is 4.79 Å². The Labute approximate surface area is 136 Å². The molecule has 1 aliphatic rings. The molecule has 0 radical (unpaired) electrons. The second-order valence-electron chi connectivity index (χ2n) is 5.58. The molecule has 1 atom stereocenters. The van der Waals surface area contributed by atoms with Crippen LogP contribution in [0, 0.1) is 0 Å². The largest absolute Gasteiger partial charge is 0.447 e. The molecule has 1 saturated heterocycles. The normalized spacial score (nSPS) is 16.8. The molecule has 0 N–H and O–H groups in total. The summed E-state index contributed by atoms with van der Waals surface area (Å²) in [6, 6.07) is 20.1. The highest BCUT2D eigenvalue weighted by Gasteiger charge is 2.35. The average molecular weight is 305 g/mol. The van der Waals surface area contributed by atoms with Crippen molar-refractivity contribution in [1.82, 2.24) is 4.90 Å². The monoisotopic (exact) mass is 305 g/mol. The van der Waals surface area contributed by atoms with Crippen LogP contribution in [0.2, 0.25) is 0 Å². The molecule has 0 aliphatic carbocycles. The summed E-state index contributed by atoms with van der Waals surface area (Å²) in [7, 11) is 0. The molecule has 116 valence electrons. The van der Waals surface area contributed by atoms with Crippen LogP contribution in [0.5, 0.6) is 0 Å². The maximum Gasteiger partial charge on any atom is 0.414 e. The maximum absolute atomic E-state index is 12.2. The Kier molecular flexibility index (Phi) is 4.60. The number of carbonyl (C=O) groups is 1. The first-order valence-corrected chi connectivity index (χ1v) is 7.70. The number of hydrogen-bond donors (Lipinski definition) is 0. The van der Waals surface area contributed by atoms with Gasteiger partial charge in [-0.15, -0.1) is 5.73 Å². The first-order valence-electron chi connectivity index (χ1n) is 7.70. The Balaban J connectivity index is 1.79. The van der Waals surface area contributed by atoms with Crippen LogP contribution in [0.25, 0.3) is 0 Å². The fraction of sp³-hybridized carbons (Fsp3) is 0.200. The van der Waals surface area contributed by atoms with E-state index < -0.39 is 0 Å². The molecular weight excluding hydrogens is 286 g/mol. The van der Waals surface area contributed by atoms with E-state index in [1.54, 1.807) is 4.90 Å². The van der Waals surface area contributed by atoms with E-state index in [4.69, 9.17) is 4.74 Å². The molecule has 3 nitrogen and oxygen atoms in total. The SMILES string of the molecule is C=C=C(Cc1ccccc1)N1C(=O)OC[C@H]1Cc1ccccc1. The van der Waals surface area contributed by atoms with Gasteiger partial charge in [0.05, 0.1) is 11.7 Å². The van der Waals surface area contributed by atoms with Gasteiger partial charge in [0.2, 0.25) is 0 Å². The summed E-state index contributed by atoms with van der Waals surface area (Å²) < 4.78 is 5.27. The van der Waals surface area contributed by atoms with Crippen molar-refractivity contribution in [3.05, 3.63) is 89.8 Å². The maximum atomic E-state index is 12.2. The minimum Gasteiger partial charge on any atom is -0.447 e. The summed E-state index contributed by atoms with van der Waals surface area (Å²) in [5.74, 6) is 0. The second-order valence-corrected chi connectivity index (χ2v) is 5.58. The predicted octanol–water partition coefficient (Wildman–Crippen LogP) is 3.96. The van der Waals surface area contributed by atoms with Gasteiger partial charge in [0, 0.05) is 6.42 Å². The Morgan fingerprint density at radius 2 is 1.70 bits per heavy atom. The first kappa shape index (κ1) is 15.1. The van der Waals surface area contributed by atoms with Gasteiger partial charge in [-0.05, 0) is 17.5 Å². The van der Waals surface area contributed by atoms with Crippen LogP contribution >= 0.6 is 0 Å². The summed E-state index contributed by atoms with van der Waals surface area (Å²) in [5, 5.41) is 0. The van der Waals surface area contributed by atoms with Crippen molar-refractivity contribution in [3.8, 4) is 0 Å². The lowest BCUT2D eigenvalue weighted by molar-refractivity contribution is 0.164. The molecule has 0 bridgehead atoms. The highest BCUT2D eigenvalue weighted by molar-refractivity contribution is 5.72. The third kappa shape index (κ3) is 3.53. The van der Waals surface area contributed by atoms with Crippen LogP contribution in [-0.4, -0.2) is 23.6 Å². The molecule has 0 spiro atoms. The van der Waals surface area contributed by atoms with E-state index in [0.29, 0.717) is 13.0 Å². The van der Waals surface area contributed by atoms with Gasteiger partial charge in [-0.1, -0.05) is 67.2 Å². The third-order valence-electron chi connectivity index (χ3n) is 3.98. The van der Waals surface area contributed by atoms with Crippen LogP contribution in [0.1, 0.15) is 11.1 Å². The highest BCUT2D eigenvalue weighted by Crippen LogP contribution is 2.24. The van der Waals surface area contributed by atoms with Gasteiger partial charge in [0.25, 0.3) is 0 Å². The molecule has 1 fully saturated rings. The van der Waals surface area contributed by atoms with Gasteiger partial charge in [0.15, 0.2) is 0 Å². The van der Waals surface area contributed by atoms with Gasteiger partial charge in [0.1, 0.15) is 6.61 Å². The lowest BCUT2D eigenvalue weighted by Crippen LogP contribution is -2.34. The number of hydrogen-bond acceptors (Lipinski definition) is 2. The number of rotatable bonds is 5.